The van der Waals surface area contributed by atoms with Gasteiger partial charge in [-0.1, -0.05) is 19.1 Å². The van der Waals surface area contributed by atoms with Gasteiger partial charge in [0.25, 0.3) is 5.91 Å². The van der Waals surface area contributed by atoms with Crippen LogP contribution in [0.15, 0.2) is 58.1 Å². The van der Waals surface area contributed by atoms with Gasteiger partial charge in [-0.2, -0.15) is 0 Å². The molecule has 0 saturated carbocycles. The van der Waals surface area contributed by atoms with Crippen molar-refractivity contribution in [3.63, 3.8) is 0 Å². The quantitative estimate of drug-likeness (QED) is 0.450. The summed E-state index contributed by atoms with van der Waals surface area (Å²) in [5.41, 5.74) is 0.607. The van der Waals surface area contributed by atoms with E-state index in [1.54, 1.807) is 24.3 Å². The minimum atomic E-state index is -3.69. The van der Waals surface area contributed by atoms with Crippen LogP contribution in [0, 0.1) is 0 Å². The topological polar surface area (TPSA) is 115 Å². The van der Waals surface area contributed by atoms with Crippen LogP contribution in [0.5, 0.6) is 0 Å². The van der Waals surface area contributed by atoms with Gasteiger partial charge in [0.05, 0.1) is 17.7 Å². The van der Waals surface area contributed by atoms with Crippen LogP contribution in [0.4, 0.5) is 0 Å². The number of carbonyl (C=O) groups is 2. The van der Waals surface area contributed by atoms with E-state index in [9.17, 15) is 18.0 Å². The summed E-state index contributed by atoms with van der Waals surface area (Å²) >= 11 is 0. The molecule has 2 rings (SSSR count). The van der Waals surface area contributed by atoms with E-state index in [0.717, 1.165) is 6.42 Å². The molecule has 1 atom stereocenters. The maximum absolute atomic E-state index is 12.3. The highest BCUT2D eigenvalue weighted by molar-refractivity contribution is 7.89. The van der Waals surface area contributed by atoms with Gasteiger partial charge in [0.1, 0.15) is 5.76 Å². The van der Waals surface area contributed by atoms with Gasteiger partial charge in [-0.05, 0) is 49.2 Å². The zero-order chi connectivity index (χ0) is 21.3. The van der Waals surface area contributed by atoms with E-state index < -0.39 is 16.0 Å². The van der Waals surface area contributed by atoms with Crippen LogP contribution in [-0.4, -0.2) is 32.9 Å². The van der Waals surface area contributed by atoms with Crippen molar-refractivity contribution in [3.05, 3.63) is 60.1 Å². The average molecular weight is 420 g/mol. The molecule has 0 unspecified atom stereocenters. The first-order chi connectivity index (χ1) is 13.8. The Balaban J connectivity index is 1.86. The van der Waals surface area contributed by atoms with Gasteiger partial charge in [-0.3, -0.25) is 4.79 Å². The number of esters is 1. The summed E-state index contributed by atoms with van der Waals surface area (Å²) in [6.07, 6.45) is 4.90. The van der Waals surface area contributed by atoms with Crippen molar-refractivity contribution in [1.29, 1.82) is 0 Å². The van der Waals surface area contributed by atoms with Crippen molar-refractivity contribution in [1.82, 2.24) is 10.0 Å². The Hall–Kier alpha value is -2.91. The van der Waals surface area contributed by atoms with E-state index in [-0.39, 0.29) is 30.0 Å². The van der Waals surface area contributed by atoms with Gasteiger partial charge in [-0.25, -0.2) is 17.9 Å². The molecule has 0 bridgehead atoms. The molecule has 2 N–H and O–H groups in total. The SMILES string of the molecule is CC[C@@H](C)NC(=O)COC(=O)/C=C/c1ccc(S(=O)(=O)NCc2ccco2)cc1. The van der Waals surface area contributed by atoms with E-state index >= 15 is 0 Å². The molecule has 0 saturated heterocycles. The van der Waals surface area contributed by atoms with Crippen LogP contribution in [0.2, 0.25) is 0 Å². The van der Waals surface area contributed by atoms with Crippen LogP contribution in [0.25, 0.3) is 6.08 Å². The maximum atomic E-state index is 12.3. The number of carbonyl (C=O) groups excluding carboxylic acids is 2. The predicted octanol–water partition coefficient (Wildman–Crippen LogP) is 2.23. The van der Waals surface area contributed by atoms with E-state index in [4.69, 9.17) is 9.15 Å². The molecule has 0 radical (unpaired) electrons. The smallest absolute Gasteiger partial charge is 0.331 e. The fourth-order valence-corrected chi connectivity index (χ4v) is 3.18. The standard InChI is InChI=1S/C20H24N2O6S/c1-3-15(2)22-19(23)14-28-20(24)11-8-16-6-9-18(10-7-16)29(25,26)21-13-17-5-4-12-27-17/h4-12,15,21H,3,13-14H2,1-2H3,(H,22,23)/b11-8+/t15-/m1/s1. The monoisotopic (exact) mass is 420 g/mol. The highest BCUT2D eigenvalue weighted by Crippen LogP contribution is 2.12. The Labute approximate surface area is 170 Å². The second kappa shape index (κ2) is 10.6. The van der Waals surface area contributed by atoms with Crippen LogP contribution < -0.4 is 10.0 Å². The Kier molecular flexibility index (Phi) is 8.17. The maximum Gasteiger partial charge on any atom is 0.331 e. The summed E-state index contributed by atoms with van der Waals surface area (Å²) in [5.74, 6) is -0.525. The third kappa shape index (κ3) is 7.55. The average Bonchev–Trinajstić information content (AvgIpc) is 3.23. The molecule has 156 valence electrons. The number of ether oxygens (including phenoxy) is 1. The highest BCUT2D eigenvalue weighted by Gasteiger charge is 2.14. The van der Waals surface area contributed by atoms with Crippen molar-refractivity contribution < 1.29 is 27.2 Å². The highest BCUT2D eigenvalue weighted by atomic mass is 32.2. The minimum Gasteiger partial charge on any atom is -0.468 e. The Morgan fingerprint density at radius 3 is 2.55 bits per heavy atom. The number of hydrogen-bond acceptors (Lipinski definition) is 6. The van der Waals surface area contributed by atoms with Crippen molar-refractivity contribution in [2.24, 2.45) is 0 Å². The molecule has 9 heteroatoms. The molecule has 1 heterocycles. The number of benzene rings is 1. The van der Waals surface area contributed by atoms with E-state index in [2.05, 4.69) is 10.0 Å². The van der Waals surface area contributed by atoms with Crippen LogP contribution in [0.1, 0.15) is 31.6 Å². The summed E-state index contributed by atoms with van der Waals surface area (Å²) in [6, 6.07) is 9.32. The van der Waals surface area contributed by atoms with Gasteiger partial charge in [0.2, 0.25) is 10.0 Å². The molecule has 29 heavy (non-hydrogen) atoms. The molecule has 1 aromatic heterocycles. The van der Waals surface area contributed by atoms with E-state index in [1.165, 1.54) is 30.5 Å². The molecule has 1 amide bonds. The number of furan rings is 1. The molecular formula is C20H24N2O6S. The molecule has 8 nitrogen and oxygen atoms in total. The summed E-state index contributed by atoms with van der Waals surface area (Å²) < 4.78 is 36.9. The van der Waals surface area contributed by atoms with Crippen molar-refractivity contribution in [2.75, 3.05) is 6.61 Å². The summed E-state index contributed by atoms with van der Waals surface area (Å²) in [7, 11) is -3.69. The second-order valence-electron chi connectivity index (χ2n) is 6.29. The minimum absolute atomic E-state index is 0.0140. The first-order valence-electron chi connectivity index (χ1n) is 9.06. The predicted molar refractivity (Wildman–Crippen MR) is 107 cm³/mol. The van der Waals surface area contributed by atoms with Crippen molar-refractivity contribution >= 4 is 28.0 Å². The van der Waals surface area contributed by atoms with Crippen LogP contribution in [-0.2, 0) is 30.9 Å². The molecular weight excluding hydrogens is 396 g/mol. The largest absolute Gasteiger partial charge is 0.468 e. The molecule has 0 aliphatic rings. The number of sulfonamides is 1. The van der Waals surface area contributed by atoms with Gasteiger partial charge in [0, 0.05) is 12.1 Å². The van der Waals surface area contributed by atoms with E-state index in [1.807, 2.05) is 13.8 Å². The number of hydrogen-bond donors (Lipinski definition) is 2. The Morgan fingerprint density at radius 1 is 1.21 bits per heavy atom. The third-order valence-corrected chi connectivity index (χ3v) is 5.40. The first kappa shape index (κ1) is 22.4. The Bertz CT molecular complexity index is 934. The Morgan fingerprint density at radius 2 is 1.93 bits per heavy atom. The van der Waals surface area contributed by atoms with Crippen LogP contribution >= 0.6 is 0 Å². The molecule has 0 aliphatic heterocycles. The van der Waals surface area contributed by atoms with Crippen molar-refractivity contribution in [2.45, 2.75) is 37.8 Å². The van der Waals surface area contributed by atoms with Gasteiger partial charge >= 0.3 is 5.97 Å². The third-order valence-electron chi connectivity index (χ3n) is 3.98. The van der Waals surface area contributed by atoms with Gasteiger partial charge in [-0.15, -0.1) is 0 Å². The molecule has 1 aromatic carbocycles. The lowest BCUT2D eigenvalue weighted by atomic mass is 10.2. The number of rotatable bonds is 10. The molecule has 2 aromatic rings. The first-order valence-corrected chi connectivity index (χ1v) is 10.5. The lowest BCUT2D eigenvalue weighted by Gasteiger charge is -2.10. The normalized spacial score (nSPS) is 12.6. The molecule has 0 aliphatic carbocycles. The zero-order valence-electron chi connectivity index (χ0n) is 16.3. The van der Waals surface area contributed by atoms with Gasteiger partial charge < -0.3 is 14.5 Å². The number of nitrogens with one attached hydrogen (secondary N) is 2. The van der Waals surface area contributed by atoms with Crippen molar-refractivity contribution in [3.8, 4) is 0 Å². The summed E-state index contributed by atoms with van der Waals surface area (Å²) in [5, 5.41) is 2.69. The van der Waals surface area contributed by atoms with E-state index in [0.29, 0.717) is 11.3 Å². The summed E-state index contributed by atoms with van der Waals surface area (Å²) in [6.45, 7) is 3.49. The fourth-order valence-electron chi connectivity index (χ4n) is 2.19. The summed E-state index contributed by atoms with van der Waals surface area (Å²) in [4.78, 5) is 23.4. The zero-order valence-corrected chi connectivity index (χ0v) is 17.1. The molecule has 0 spiro atoms. The molecule has 0 fully saturated rings. The fraction of sp³-hybridized carbons (Fsp3) is 0.300. The van der Waals surface area contributed by atoms with Gasteiger partial charge in [0.15, 0.2) is 6.61 Å². The second-order valence-corrected chi connectivity index (χ2v) is 8.06. The lowest BCUT2D eigenvalue weighted by Crippen LogP contribution is -2.35. The number of amides is 1. The van der Waals surface area contributed by atoms with Crippen LogP contribution in [0.3, 0.4) is 0 Å². The lowest BCUT2D eigenvalue weighted by molar-refractivity contribution is -0.144.